The van der Waals surface area contributed by atoms with Gasteiger partial charge in [-0.2, -0.15) is 0 Å². The second kappa shape index (κ2) is 6.30. The predicted octanol–water partition coefficient (Wildman–Crippen LogP) is 4.21. The Labute approximate surface area is 120 Å². The largest absolute Gasteiger partial charge is 0.384 e. The molecule has 0 atom stereocenters. The Morgan fingerprint density at radius 1 is 1.16 bits per heavy atom. The van der Waals surface area contributed by atoms with Crippen molar-refractivity contribution in [2.45, 2.75) is 84.7 Å². The monoisotopic (exact) mass is 266 g/mol. The molecule has 19 heavy (non-hydrogen) atoms. The minimum absolute atomic E-state index is 0.121. The van der Waals surface area contributed by atoms with Gasteiger partial charge in [0.25, 0.3) is 0 Å². The summed E-state index contributed by atoms with van der Waals surface area (Å²) in [6.45, 7) is 15.7. The Kier molecular flexibility index (Phi) is 5.49. The highest BCUT2D eigenvalue weighted by Gasteiger charge is 2.36. The van der Waals surface area contributed by atoms with Crippen molar-refractivity contribution in [3.8, 4) is 0 Å². The zero-order chi connectivity index (χ0) is 14.7. The molecule has 0 aromatic carbocycles. The van der Waals surface area contributed by atoms with E-state index in [0.29, 0.717) is 11.5 Å². The SMILES string of the molecule is C=C(CC)NC(C)(C)CC(C)(C)C1CCC(N)CC1. The second-order valence-corrected chi connectivity index (χ2v) is 7.74. The van der Waals surface area contributed by atoms with Crippen LogP contribution in [0.3, 0.4) is 0 Å². The molecule has 1 aliphatic rings. The highest BCUT2D eigenvalue weighted by molar-refractivity contribution is 4.99. The van der Waals surface area contributed by atoms with Crippen LogP contribution in [0, 0.1) is 11.3 Å². The van der Waals surface area contributed by atoms with Crippen LogP contribution in [0.15, 0.2) is 12.3 Å². The van der Waals surface area contributed by atoms with Gasteiger partial charge < -0.3 is 11.1 Å². The van der Waals surface area contributed by atoms with Gasteiger partial charge in [-0.15, -0.1) is 0 Å². The highest BCUT2D eigenvalue weighted by atomic mass is 15.0. The highest BCUT2D eigenvalue weighted by Crippen LogP contribution is 2.43. The summed E-state index contributed by atoms with van der Waals surface area (Å²) in [5.41, 5.74) is 7.66. The number of rotatable bonds is 6. The molecule has 0 unspecified atom stereocenters. The fourth-order valence-electron chi connectivity index (χ4n) is 3.80. The molecule has 1 saturated carbocycles. The molecule has 0 radical (unpaired) electrons. The van der Waals surface area contributed by atoms with Gasteiger partial charge in [0.05, 0.1) is 0 Å². The quantitative estimate of drug-likeness (QED) is 0.755. The molecule has 112 valence electrons. The van der Waals surface area contributed by atoms with E-state index in [4.69, 9.17) is 5.73 Å². The molecule has 0 aliphatic heterocycles. The third-order valence-corrected chi connectivity index (χ3v) is 4.72. The van der Waals surface area contributed by atoms with Gasteiger partial charge in [0.2, 0.25) is 0 Å². The summed E-state index contributed by atoms with van der Waals surface area (Å²) in [4.78, 5) is 0. The number of hydrogen-bond donors (Lipinski definition) is 2. The van der Waals surface area contributed by atoms with E-state index in [2.05, 4.69) is 46.5 Å². The van der Waals surface area contributed by atoms with Crippen LogP contribution >= 0.6 is 0 Å². The molecule has 3 N–H and O–H groups in total. The fraction of sp³-hybridized carbons (Fsp3) is 0.882. The molecule has 0 amide bonds. The first kappa shape index (κ1) is 16.6. The second-order valence-electron chi connectivity index (χ2n) is 7.74. The molecule has 0 spiro atoms. The summed E-state index contributed by atoms with van der Waals surface area (Å²) in [7, 11) is 0. The van der Waals surface area contributed by atoms with Crippen LogP contribution in [-0.2, 0) is 0 Å². The van der Waals surface area contributed by atoms with E-state index in [1.807, 2.05) is 0 Å². The number of nitrogens with one attached hydrogen (secondary N) is 1. The number of allylic oxidation sites excluding steroid dienone is 1. The maximum Gasteiger partial charge on any atom is 0.0319 e. The maximum atomic E-state index is 6.03. The molecular formula is C17H34N2. The lowest BCUT2D eigenvalue weighted by atomic mass is 9.65. The van der Waals surface area contributed by atoms with Crippen molar-refractivity contribution in [1.29, 1.82) is 0 Å². The third-order valence-electron chi connectivity index (χ3n) is 4.72. The summed E-state index contributed by atoms with van der Waals surface area (Å²) in [6.07, 6.45) is 7.16. The van der Waals surface area contributed by atoms with E-state index in [9.17, 15) is 0 Å². The first-order valence-electron chi connectivity index (χ1n) is 7.88. The van der Waals surface area contributed by atoms with Gasteiger partial charge in [-0.3, -0.25) is 0 Å². The van der Waals surface area contributed by atoms with Gasteiger partial charge in [0.15, 0.2) is 0 Å². The zero-order valence-corrected chi connectivity index (χ0v) is 13.7. The van der Waals surface area contributed by atoms with Gasteiger partial charge in [0.1, 0.15) is 0 Å². The van der Waals surface area contributed by atoms with Gasteiger partial charge in [-0.05, 0) is 63.7 Å². The average Bonchev–Trinajstić information content (AvgIpc) is 2.27. The molecule has 1 rings (SSSR count). The molecule has 1 fully saturated rings. The van der Waals surface area contributed by atoms with Gasteiger partial charge in [-0.25, -0.2) is 0 Å². The van der Waals surface area contributed by atoms with Crippen molar-refractivity contribution in [3.63, 3.8) is 0 Å². The average molecular weight is 266 g/mol. The minimum atomic E-state index is 0.121. The van der Waals surface area contributed by atoms with Crippen LogP contribution in [0.4, 0.5) is 0 Å². The summed E-state index contributed by atoms with van der Waals surface area (Å²) in [5.74, 6) is 0.809. The molecule has 2 heteroatoms. The Hall–Kier alpha value is -0.500. The molecule has 0 aromatic heterocycles. The van der Waals surface area contributed by atoms with E-state index in [-0.39, 0.29) is 5.54 Å². The van der Waals surface area contributed by atoms with Crippen LogP contribution in [0.25, 0.3) is 0 Å². The van der Waals surface area contributed by atoms with Crippen molar-refractivity contribution >= 4 is 0 Å². The summed E-state index contributed by atoms with van der Waals surface area (Å²) in [5, 5.41) is 3.59. The smallest absolute Gasteiger partial charge is 0.0319 e. The number of hydrogen-bond acceptors (Lipinski definition) is 2. The first-order chi connectivity index (χ1) is 8.66. The van der Waals surface area contributed by atoms with Crippen molar-refractivity contribution in [1.82, 2.24) is 5.32 Å². The van der Waals surface area contributed by atoms with Crippen molar-refractivity contribution in [3.05, 3.63) is 12.3 Å². The van der Waals surface area contributed by atoms with Crippen LogP contribution in [0.2, 0.25) is 0 Å². The topological polar surface area (TPSA) is 38.0 Å². The number of nitrogens with two attached hydrogens (primary N) is 1. The Morgan fingerprint density at radius 3 is 2.16 bits per heavy atom. The van der Waals surface area contributed by atoms with E-state index in [0.717, 1.165) is 18.0 Å². The molecule has 2 nitrogen and oxygen atoms in total. The lowest BCUT2D eigenvalue weighted by Crippen LogP contribution is -2.45. The van der Waals surface area contributed by atoms with Crippen LogP contribution in [0.1, 0.15) is 73.1 Å². The molecule has 0 saturated heterocycles. The van der Waals surface area contributed by atoms with Gasteiger partial charge in [-0.1, -0.05) is 27.4 Å². The van der Waals surface area contributed by atoms with Gasteiger partial charge in [0, 0.05) is 17.3 Å². The minimum Gasteiger partial charge on any atom is -0.384 e. The normalized spacial score (nSPS) is 25.2. The van der Waals surface area contributed by atoms with Crippen LogP contribution in [0.5, 0.6) is 0 Å². The zero-order valence-electron chi connectivity index (χ0n) is 13.7. The molecule has 0 aromatic rings. The molecule has 1 aliphatic carbocycles. The van der Waals surface area contributed by atoms with Crippen molar-refractivity contribution in [2.75, 3.05) is 0 Å². The van der Waals surface area contributed by atoms with E-state index in [1.165, 1.54) is 32.1 Å². The lowest BCUT2D eigenvalue weighted by Gasteiger charge is -2.44. The molecular weight excluding hydrogens is 232 g/mol. The maximum absolute atomic E-state index is 6.03. The van der Waals surface area contributed by atoms with Gasteiger partial charge >= 0.3 is 0 Å². The molecule has 0 bridgehead atoms. The van der Waals surface area contributed by atoms with E-state index >= 15 is 0 Å². The first-order valence-corrected chi connectivity index (χ1v) is 7.88. The van der Waals surface area contributed by atoms with Crippen LogP contribution < -0.4 is 11.1 Å². The van der Waals surface area contributed by atoms with E-state index in [1.54, 1.807) is 0 Å². The standard InChI is InChI=1S/C17H34N2/c1-7-13(2)19-17(5,6)12-16(3,4)14-8-10-15(18)11-9-14/h14-15,19H,2,7-12,18H2,1,3-6H3. The summed E-state index contributed by atoms with van der Waals surface area (Å²) >= 11 is 0. The van der Waals surface area contributed by atoms with Crippen LogP contribution in [-0.4, -0.2) is 11.6 Å². The fourth-order valence-corrected chi connectivity index (χ4v) is 3.80. The summed E-state index contributed by atoms with van der Waals surface area (Å²) in [6, 6.07) is 0.443. The molecule has 0 heterocycles. The predicted molar refractivity (Wildman–Crippen MR) is 85.0 cm³/mol. The lowest BCUT2D eigenvalue weighted by molar-refractivity contribution is 0.106. The Balaban J connectivity index is 2.59. The van der Waals surface area contributed by atoms with E-state index < -0.39 is 0 Å². The third kappa shape index (κ3) is 5.18. The van der Waals surface area contributed by atoms with Crippen molar-refractivity contribution < 1.29 is 0 Å². The Morgan fingerprint density at radius 2 is 1.68 bits per heavy atom. The summed E-state index contributed by atoms with van der Waals surface area (Å²) < 4.78 is 0. The van der Waals surface area contributed by atoms with Crippen molar-refractivity contribution in [2.24, 2.45) is 17.1 Å². The Bertz CT molecular complexity index is 296.